The minimum atomic E-state index is -0.362. The number of benzene rings is 1. The Morgan fingerprint density at radius 2 is 2.04 bits per heavy atom. The lowest BCUT2D eigenvalue weighted by Gasteiger charge is -2.14. The van der Waals surface area contributed by atoms with Gasteiger partial charge in [-0.3, -0.25) is 15.0 Å². The number of aryl methyl sites for hydroxylation is 1. The molecule has 0 unspecified atom stereocenters. The van der Waals surface area contributed by atoms with E-state index in [1.54, 1.807) is 12.1 Å². The molecule has 2 aromatic heterocycles. The SMILES string of the molecule is Cc1csc2c(=O)n(NC(=O)Cc3ccc(F)cc3)c(SC(C)C)nc12. The zero-order valence-corrected chi connectivity index (χ0v) is 16.2. The van der Waals surface area contributed by atoms with Gasteiger partial charge in [0.2, 0.25) is 5.91 Å². The summed E-state index contributed by atoms with van der Waals surface area (Å²) in [4.78, 5) is 29.8. The van der Waals surface area contributed by atoms with Crippen LogP contribution in [0, 0.1) is 12.7 Å². The van der Waals surface area contributed by atoms with E-state index in [0.717, 1.165) is 5.56 Å². The third-order valence-corrected chi connectivity index (χ3v) is 5.62. The van der Waals surface area contributed by atoms with Gasteiger partial charge in [0, 0.05) is 5.25 Å². The summed E-state index contributed by atoms with van der Waals surface area (Å²) in [5, 5.41) is 2.53. The third-order valence-electron chi connectivity index (χ3n) is 3.59. The number of rotatable bonds is 5. The zero-order valence-electron chi connectivity index (χ0n) is 14.6. The summed E-state index contributed by atoms with van der Waals surface area (Å²) >= 11 is 2.73. The average Bonchev–Trinajstić information content (AvgIpc) is 2.94. The van der Waals surface area contributed by atoms with E-state index in [1.165, 1.54) is 39.9 Å². The second kappa shape index (κ2) is 7.59. The summed E-state index contributed by atoms with van der Waals surface area (Å²) in [5.74, 6) is -0.720. The van der Waals surface area contributed by atoms with Crippen molar-refractivity contribution in [1.82, 2.24) is 9.66 Å². The van der Waals surface area contributed by atoms with Crippen molar-refractivity contribution in [3.8, 4) is 0 Å². The molecule has 1 N–H and O–H groups in total. The molecule has 0 aliphatic carbocycles. The van der Waals surface area contributed by atoms with Gasteiger partial charge in [-0.1, -0.05) is 37.7 Å². The van der Waals surface area contributed by atoms with Crippen LogP contribution in [-0.2, 0) is 11.2 Å². The van der Waals surface area contributed by atoms with Crippen LogP contribution >= 0.6 is 23.1 Å². The molecule has 26 heavy (non-hydrogen) atoms. The van der Waals surface area contributed by atoms with Crippen LogP contribution in [0.25, 0.3) is 10.2 Å². The van der Waals surface area contributed by atoms with E-state index >= 15 is 0 Å². The van der Waals surface area contributed by atoms with Crippen molar-refractivity contribution in [2.24, 2.45) is 0 Å². The molecular weight excluding hydrogens is 373 g/mol. The Balaban J connectivity index is 1.94. The predicted octanol–water partition coefficient (Wildman–Crippen LogP) is 3.72. The number of fused-ring (bicyclic) bond motifs is 1. The molecule has 0 radical (unpaired) electrons. The molecule has 0 aliphatic heterocycles. The van der Waals surface area contributed by atoms with Crippen molar-refractivity contribution < 1.29 is 9.18 Å². The van der Waals surface area contributed by atoms with Gasteiger partial charge < -0.3 is 0 Å². The first-order chi connectivity index (χ1) is 12.3. The summed E-state index contributed by atoms with van der Waals surface area (Å²) in [6, 6.07) is 5.70. The number of nitrogens with zero attached hydrogens (tertiary/aromatic N) is 2. The van der Waals surface area contributed by atoms with Crippen LogP contribution in [0.3, 0.4) is 0 Å². The Hall–Kier alpha value is -2.19. The van der Waals surface area contributed by atoms with Gasteiger partial charge in [-0.25, -0.2) is 9.37 Å². The second-order valence-corrected chi connectivity index (χ2v) is 8.56. The van der Waals surface area contributed by atoms with Crippen molar-refractivity contribution in [3.05, 3.63) is 56.9 Å². The second-order valence-electron chi connectivity index (χ2n) is 6.14. The molecule has 0 atom stereocenters. The Kier molecular flexibility index (Phi) is 5.43. The van der Waals surface area contributed by atoms with Crippen LogP contribution in [0.15, 0.2) is 39.6 Å². The van der Waals surface area contributed by atoms with Gasteiger partial charge in [-0.2, -0.15) is 4.68 Å². The number of carbonyl (C=O) groups excluding carboxylic acids is 1. The summed E-state index contributed by atoms with van der Waals surface area (Å²) in [6.07, 6.45) is 0.0417. The van der Waals surface area contributed by atoms with E-state index in [0.29, 0.717) is 20.9 Å². The summed E-state index contributed by atoms with van der Waals surface area (Å²) in [6.45, 7) is 5.89. The fourth-order valence-electron chi connectivity index (χ4n) is 2.40. The topological polar surface area (TPSA) is 64.0 Å². The first-order valence-corrected chi connectivity index (χ1v) is 9.83. The van der Waals surface area contributed by atoms with Gasteiger partial charge in [-0.05, 0) is 35.6 Å². The first-order valence-electron chi connectivity index (χ1n) is 8.07. The molecule has 8 heteroatoms. The molecule has 0 saturated carbocycles. The number of aromatic nitrogens is 2. The number of halogens is 1. The monoisotopic (exact) mass is 391 g/mol. The highest BCUT2D eigenvalue weighted by Crippen LogP contribution is 2.25. The van der Waals surface area contributed by atoms with Crippen molar-refractivity contribution >= 4 is 39.2 Å². The molecule has 1 aromatic carbocycles. The van der Waals surface area contributed by atoms with Crippen LogP contribution < -0.4 is 11.0 Å². The number of thioether (sulfide) groups is 1. The van der Waals surface area contributed by atoms with Crippen LogP contribution in [0.2, 0.25) is 0 Å². The Bertz CT molecular complexity index is 1010. The van der Waals surface area contributed by atoms with Gasteiger partial charge in [-0.15, -0.1) is 11.3 Å². The van der Waals surface area contributed by atoms with E-state index in [-0.39, 0.29) is 29.0 Å². The van der Waals surface area contributed by atoms with Gasteiger partial charge in [0.05, 0.1) is 11.9 Å². The maximum absolute atomic E-state index is 13.0. The highest BCUT2D eigenvalue weighted by molar-refractivity contribution is 7.99. The number of nitrogens with one attached hydrogen (secondary N) is 1. The molecule has 136 valence electrons. The number of hydrogen-bond donors (Lipinski definition) is 1. The Morgan fingerprint density at radius 3 is 2.69 bits per heavy atom. The molecular formula is C18H18FN3O2S2. The molecule has 3 aromatic rings. The van der Waals surface area contributed by atoms with Gasteiger partial charge in [0.25, 0.3) is 5.56 Å². The van der Waals surface area contributed by atoms with Crippen molar-refractivity contribution in [2.75, 3.05) is 5.43 Å². The van der Waals surface area contributed by atoms with E-state index in [9.17, 15) is 14.0 Å². The molecule has 2 heterocycles. The Labute approximate surface area is 158 Å². The smallest absolute Gasteiger partial charge is 0.273 e. The number of carbonyl (C=O) groups is 1. The van der Waals surface area contributed by atoms with E-state index < -0.39 is 0 Å². The van der Waals surface area contributed by atoms with Crippen LogP contribution in [0.4, 0.5) is 4.39 Å². The molecule has 0 fully saturated rings. The molecule has 0 saturated heterocycles. The fraction of sp³-hybridized carbons (Fsp3) is 0.278. The normalized spacial score (nSPS) is 11.3. The summed E-state index contributed by atoms with van der Waals surface area (Å²) in [7, 11) is 0. The first kappa shape index (κ1) is 18.6. The molecule has 0 spiro atoms. The number of thiophene rings is 1. The lowest BCUT2D eigenvalue weighted by Crippen LogP contribution is -2.35. The Morgan fingerprint density at radius 1 is 1.35 bits per heavy atom. The van der Waals surface area contributed by atoms with E-state index in [2.05, 4.69) is 10.4 Å². The highest BCUT2D eigenvalue weighted by Gasteiger charge is 2.17. The maximum Gasteiger partial charge on any atom is 0.291 e. The summed E-state index contributed by atoms with van der Waals surface area (Å²) < 4.78 is 14.7. The number of hydrogen-bond acceptors (Lipinski definition) is 5. The molecule has 0 aliphatic rings. The lowest BCUT2D eigenvalue weighted by molar-refractivity contribution is -0.116. The molecule has 3 rings (SSSR count). The van der Waals surface area contributed by atoms with Crippen molar-refractivity contribution in [1.29, 1.82) is 0 Å². The largest absolute Gasteiger partial charge is 0.291 e. The third kappa shape index (κ3) is 3.96. The zero-order chi connectivity index (χ0) is 18.8. The van der Waals surface area contributed by atoms with Crippen molar-refractivity contribution in [2.45, 2.75) is 37.6 Å². The predicted molar refractivity (Wildman–Crippen MR) is 104 cm³/mol. The van der Waals surface area contributed by atoms with Crippen molar-refractivity contribution in [3.63, 3.8) is 0 Å². The van der Waals surface area contributed by atoms with Crippen LogP contribution in [0.1, 0.15) is 25.0 Å². The van der Waals surface area contributed by atoms with Gasteiger partial charge >= 0.3 is 0 Å². The maximum atomic E-state index is 13.0. The number of amides is 1. The quantitative estimate of drug-likeness (QED) is 0.532. The fourth-order valence-corrected chi connectivity index (χ4v) is 4.12. The summed E-state index contributed by atoms with van der Waals surface area (Å²) in [5.41, 5.74) is 4.63. The molecule has 0 bridgehead atoms. The van der Waals surface area contributed by atoms with E-state index in [4.69, 9.17) is 0 Å². The van der Waals surface area contributed by atoms with E-state index in [1.807, 2.05) is 26.2 Å². The lowest BCUT2D eigenvalue weighted by atomic mass is 10.1. The molecule has 1 amide bonds. The average molecular weight is 391 g/mol. The minimum Gasteiger partial charge on any atom is -0.273 e. The molecule has 5 nitrogen and oxygen atoms in total. The standard InChI is InChI=1S/C18H18FN3O2S2/c1-10(2)26-18-20-15-11(3)9-25-16(15)17(24)22(18)21-14(23)8-12-4-6-13(19)7-5-12/h4-7,9-10H,8H2,1-3H3,(H,21,23). The van der Waals surface area contributed by atoms with Crippen LogP contribution in [0.5, 0.6) is 0 Å². The van der Waals surface area contributed by atoms with Gasteiger partial charge in [0.1, 0.15) is 10.5 Å². The minimum absolute atomic E-state index is 0.0417. The van der Waals surface area contributed by atoms with Gasteiger partial charge in [0.15, 0.2) is 5.16 Å². The van der Waals surface area contributed by atoms with Crippen LogP contribution in [-0.4, -0.2) is 20.8 Å². The highest BCUT2D eigenvalue weighted by atomic mass is 32.2.